The number of ether oxygens (including phenoxy) is 4. The molecule has 220 valence electrons. The minimum Gasteiger partial charge on any atom is -0.496 e. The lowest BCUT2D eigenvalue weighted by atomic mass is 9.73. The number of esters is 1. The summed E-state index contributed by atoms with van der Waals surface area (Å²) in [5.74, 6) is -0.549. The van der Waals surface area contributed by atoms with Crippen molar-refractivity contribution in [3.8, 4) is 11.5 Å². The lowest BCUT2D eigenvalue weighted by Gasteiger charge is -2.39. The Morgan fingerprint density at radius 3 is 2.25 bits per heavy atom. The Bertz CT molecular complexity index is 1210. The van der Waals surface area contributed by atoms with Crippen molar-refractivity contribution in [2.75, 3.05) is 26.8 Å². The number of hydrogen-bond acceptors (Lipinski definition) is 8. The Morgan fingerprint density at radius 1 is 1.07 bits per heavy atom. The van der Waals surface area contributed by atoms with Crippen molar-refractivity contribution >= 4 is 23.9 Å². The quantitative estimate of drug-likeness (QED) is 0.524. The largest absolute Gasteiger partial charge is 0.496 e. The van der Waals surface area contributed by atoms with E-state index < -0.39 is 35.0 Å². The molecule has 3 amide bonds. The lowest BCUT2D eigenvalue weighted by Crippen LogP contribution is -2.47. The Labute approximate surface area is 235 Å². The minimum absolute atomic E-state index is 0.0414. The van der Waals surface area contributed by atoms with Crippen molar-refractivity contribution in [3.05, 3.63) is 22.8 Å². The third-order valence-corrected chi connectivity index (χ3v) is 7.55. The van der Waals surface area contributed by atoms with Crippen LogP contribution in [0.3, 0.4) is 0 Å². The van der Waals surface area contributed by atoms with Crippen molar-refractivity contribution in [1.82, 2.24) is 9.80 Å². The smallest absolute Gasteiger partial charge is 0.410 e. The predicted octanol–water partition coefficient (Wildman–Crippen LogP) is 3.29. The molecule has 40 heavy (non-hydrogen) atoms. The monoisotopic (exact) mass is 559 g/mol. The number of fused-ring (bicyclic) bond motifs is 4. The van der Waals surface area contributed by atoms with Gasteiger partial charge >= 0.3 is 12.1 Å². The molecule has 4 rings (SSSR count). The first kappa shape index (κ1) is 29.5. The van der Waals surface area contributed by atoms with Crippen LogP contribution in [-0.4, -0.2) is 77.7 Å². The van der Waals surface area contributed by atoms with Gasteiger partial charge in [0.2, 0.25) is 5.91 Å². The number of nitrogens with two attached hydrogens (primary N) is 1. The normalized spacial score (nSPS) is 18.6. The fourth-order valence-electron chi connectivity index (χ4n) is 5.68. The summed E-state index contributed by atoms with van der Waals surface area (Å²) < 4.78 is 22.8. The molecule has 11 nitrogen and oxygen atoms in total. The van der Waals surface area contributed by atoms with E-state index >= 15 is 0 Å². The Kier molecular flexibility index (Phi) is 7.72. The molecule has 11 heteroatoms. The Balaban J connectivity index is 1.56. The van der Waals surface area contributed by atoms with E-state index in [1.165, 1.54) is 12.0 Å². The Hall–Kier alpha value is -3.50. The molecular weight excluding hydrogens is 518 g/mol. The number of hydrogen-bond donors (Lipinski definition) is 1. The van der Waals surface area contributed by atoms with Crippen LogP contribution >= 0.6 is 0 Å². The molecule has 0 unspecified atom stereocenters. The first-order valence-electron chi connectivity index (χ1n) is 13.7. The molecule has 0 radical (unpaired) electrons. The second-order valence-corrected chi connectivity index (χ2v) is 12.8. The highest BCUT2D eigenvalue weighted by Crippen LogP contribution is 2.52. The zero-order chi connectivity index (χ0) is 29.6. The summed E-state index contributed by atoms with van der Waals surface area (Å²) in [4.78, 5) is 54.1. The molecule has 1 aromatic carbocycles. The second kappa shape index (κ2) is 10.5. The van der Waals surface area contributed by atoms with E-state index in [0.29, 0.717) is 55.2 Å². The number of benzene rings is 1. The summed E-state index contributed by atoms with van der Waals surface area (Å²) in [7, 11) is 1.50. The third-order valence-electron chi connectivity index (χ3n) is 7.55. The molecule has 3 heterocycles. The fraction of sp³-hybridized carbons (Fsp3) is 0.655. The first-order chi connectivity index (χ1) is 18.5. The van der Waals surface area contributed by atoms with E-state index in [0.717, 1.165) is 5.56 Å². The summed E-state index contributed by atoms with van der Waals surface area (Å²) in [6.07, 6.45) is 0.976. The molecule has 1 spiro atoms. The zero-order valence-electron chi connectivity index (χ0n) is 24.5. The average Bonchev–Trinajstić information content (AvgIpc) is 3.35. The highest BCUT2D eigenvalue weighted by molar-refractivity contribution is 6.04. The van der Waals surface area contributed by atoms with Gasteiger partial charge in [-0.2, -0.15) is 0 Å². The summed E-state index contributed by atoms with van der Waals surface area (Å²) in [5, 5.41) is 0. The topological polar surface area (TPSA) is 138 Å². The maximum absolute atomic E-state index is 13.6. The molecule has 0 aromatic heterocycles. The number of nitrogens with zero attached hydrogens (tertiary/aromatic N) is 2. The number of methoxy groups -OCH3 is 1. The molecule has 3 aliphatic heterocycles. The van der Waals surface area contributed by atoms with Crippen LogP contribution in [0.5, 0.6) is 11.5 Å². The molecule has 1 atom stereocenters. The van der Waals surface area contributed by atoms with Gasteiger partial charge in [-0.25, -0.2) is 4.79 Å². The van der Waals surface area contributed by atoms with Crippen LogP contribution in [0.1, 0.15) is 88.7 Å². The van der Waals surface area contributed by atoms with Gasteiger partial charge in [-0.15, -0.1) is 0 Å². The van der Waals surface area contributed by atoms with Crippen LogP contribution in [0.15, 0.2) is 6.07 Å². The molecule has 3 aliphatic rings. The number of likely N-dealkylation sites (tertiary alicyclic amines) is 1. The highest BCUT2D eigenvalue weighted by atomic mass is 16.6. The molecule has 1 aromatic rings. The highest BCUT2D eigenvalue weighted by Gasteiger charge is 2.49. The summed E-state index contributed by atoms with van der Waals surface area (Å²) in [6.45, 7) is 12.4. The van der Waals surface area contributed by atoms with Crippen LogP contribution in [0, 0.1) is 0 Å². The standard InChI is InChI=1S/C29H41N3O8/c1-27(2,3)39-21(33)9-8-19(24(30)34)32-15-17-22(25(32)35)20(37-7)14-18-23(17)38-16-29(18)10-12-31(13-11-29)26(36)40-28(4,5)6/h14,19H,8-13,15-16H2,1-7H3,(H2,30,34)/t19-/m0/s1. The molecule has 0 saturated carbocycles. The van der Waals surface area contributed by atoms with E-state index in [9.17, 15) is 19.2 Å². The number of rotatable bonds is 6. The van der Waals surface area contributed by atoms with Crippen molar-refractivity contribution in [2.45, 2.75) is 96.4 Å². The summed E-state index contributed by atoms with van der Waals surface area (Å²) in [6, 6.07) is 0.853. The molecule has 1 saturated heterocycles. The molecule has 0 bridgehead atoms. The van der Waals surface area contributed by atoms with E-state index in [-0.39, 0.29) is 30.9 Å². The summed E-state index contributed by atoms with van der Waals surface area (Å²) >= 11 is 0. The number of piperidine rings is 1. The van der Waals surface area contributed by atoms with Crippen molar-refractivity contribution in [1.29, 1.82) is 0 Å². The fourth-order valence-corrected chi connectivity index (χ4v) is 5.68. The molecular formula is C29H41N3O8. The predicted molar refractivity (Wildman–Crippen MR) is 145 cm³/mol. The van der Waals surface area contributed by atoms with Crippen LogP contribution < -0.4 is 15.2 Å². The molecule has 0 aliphatic carbocycles. The van der Waals surface area contributed by atoms with Crippen LogP contribution in [0.25, 0.3) is 0 Å². The van der Waals surface area contributed by atoms with Crippen LogP contribution in [0.2, 0.25) is 0 Å². The zero-order valence-corrected chi connectivity index (χ0v) is 24.5. The van der Waals surface area contributed by atoms with Crippen molar-refractivity contribution < 1.29 is 38.1 Å². The number of primary amides is 1. The van der Waals surface area contributed by atoms with E-state index in [2.05, 4.69) is 0 Å². The second-order valence-electron chi connectivity index (χ2n) is 12.8. The van der Waals surface area contributed by atoms with Gasteiger partial charge in [0.05, 0.1) is 25.8 Å². The van der Waals surface area contributed by atoms with Crippen LogP contribution in [-0.2, 0) is 31.0 Å². The van der Waals surface area contributed by atoms with Crippen LogP contribution in [0.4, 0.5) is 4.79 Å². The number of carbonyl (C=O) groups excluding carboxylic acids is 4. The molecule has 1 fully saturated rings. The van der Waals surface area contributed by atoms with E-state index in [1.54, 1.807) is 25.7 Å². The summed E-state index contributed by atoms with van der Waals surface area (Å²) in [5.41, 5.74) is 6.06. The minimum atomic E-state index is -1.000. The maximum atomic E-state index is 13.6. The Morgan fingerprint density at radius 2 is 1.70 bits per heavy atom. The van der Waals surface area contributed by atoms with Gasteiger partial charge in [0.25, 0.3) is 5.91 Å². The van der Waals surface area contributed by atoms with Gasteiger partial charge in [-0.05, 0) is 66.9 Å². The number of amides is 3. The van der Waals surface area contributed by atoms with Gasteiger partial charge in [0.1, 0.15) is 28.7 Å². The SMILES string of the molecule is COc1cc2c(c3c1C(=O)N([C@@H](CCC(=O)OC(C)(C)C)C(N)=O)C3)OCC21CCN(C(=O)OC(C)(C)C)CC1. The van der Waals surface area contributed by atoms with Gasteiger partial charge in [-0.3, -0.25) is 14.4 Å². The lowest BCUT2D eigenvalue weighted by molar-refractivity contribution is -0.155. The van der Waals surface area contributed by atoms with Crippen molar-refractivity contribution in [3.63, 3.8) is 0 Å². The van der Waals surface area contributed by atoms with E-state index in [4.69, 9.17) is 24.7 Å². The van der Waals surface area contributed by atoms with E-state index in [1.807, 2.05) is 26.8 Å². The average molecular weight is 560 g/mol. The molecule has 2 N–H and O–H groups in total. The van der Waals surface area contributed by atoms with Gasteiger partial charge < -0.3 is 34.5 Å². The van der Waals surface area contributed by atoms with Gasteiger partial charge in [-0.1, -0.05) is 0 Å². The van der Waals surface area contributed by atoms with Gasteiger partial charge in [0, 0.05) is 36.1 Å². The number of carbonyl (C=O) groups is 4. The van der Waals surface area contributed by atoms with Crippen molar-refractivity contribution in [2.24, 2.45) is 5.73 Å². The third kappa shape index (κ3) is 5.83. The maximum Gasteiger partial charge on any atom is 0.410 e. The first-order valence-corrected chi connectivity index (χ1v) is 13.7. The van der Waals surface area contributed by atoms with Gasteiger partial charge in [0.15, 0.2) is 0 Å².